The molecular formula is C20H20FN5O2S2. The second kappa shape index (κ2) is 8.49. The Morgan fingerprint density at radius 1 is 1.33 bits per heavy atom. The SMILES string of the molecule is Cc1nc(N2CC(C)N(Cc3ccc(F)cc3)C2=O)sc1C(=O)NCc1cncs1. The molecule has 7 nitrogen and oxygen atoms in total. The van der Waals surface area contributed by atoms with Crippen LogP contribution in [0, 0.1) is 12.7 Å². The number of anilines is 1. The first kappa shape index (κ1) is 20.4. The highest BCUT2D eigenvalue weighted by Gasteiger charge is 2.37. The molecule has 0 radical (unpaired) electrons. The molecule has 1 N–H and O–H groups in total. The summed E-state index contributed by atoms with van der Waals surface area (Å²) >= 11 is 2.69. The number of aryl methyl sites for hydroxylation is 1. The number of thiazole rings is 2. The van der Waals surface area contributed by atoms with Crippen molar-refractivity contribution in [2.75, 3.05) is 11.4 Å². The van der Waals surface area contributed by atoms with Crippen LogP contribution in [0.4, 0.5) is 14.3 Å². The Morgan fingerprint density at radius 2 is 2.10 bits per heavy atom. The molecule has 1 aliphatic heterocycles. The van der Waals surface area contributed by atoms with Crippen LogP contribution in [0.25, 0.3) is 0 Å². The van der Waals surface area contributed by atoms with Crippen molar-refractivity contribution < 1.29 is 14.0 Å². The van der Waals surface area contributed by atoms with Gasteiger partial charge in [-0.1, -0.05) is 23.5 Å². The summed E-state index contributed by atoms with van der Waals surface area (Å²) in [5.41, 5.74) is 3.17. The van der Waals surface area contributed by atoms with Gasteiger partial charge in [0.1, 0.15) is 10.7 Å². The number of carbonyl (C=O) groups is 2. The number of nitrogens with one attached hydrogen (secondary N) is 1. The van der Waals surface area contributed by atoms with Crippen LogP contribution in [-0.4, -0.2) is 39.4 Å². The van der Waals surface area contributed by atoms with Crippen molar-refractivity contribution in [3.05, 3.63) is 62.8 Å². The third-order valence-electron chi connectivity index (χ3n) is 4.85. The van der Waals surface area contributed by atoms with Crippen LogP contribution in [0.15, 0.2) is 36.0 Å². The molecule has 1 unspecified atom stereocenters. The molecule has 0 saturated carbocycles. The van der Waals surface area contributed by atoms with Gasteiger partial charge in [0.2, 0.25) is 0 Å². The van der Waals surface area contributed by atoms with Gasteiger partial charge in [0.25, 0.3) is 5.91 Å². The molecule has 1 aromatic carbocycles. The Morgan fingerprint density at radius 3 is 2.80 bits per heavy atom. The zero-order valence-electron chi connectivity index (χ0n) is 16.5. The predicted octanol–water partition coefficient (Wildman–Crippen LogP) is 3.81. The summed E-state index contributed by atoms with van der Waals surface area (Å²) in [4.78, 5) is 38.8. The zero-order chi connectivity index (χ0) is 21.3. The van der Waals surface area contributed by atoms with Gasteiger partial charge >= 0.3 is 6.03 Å². The van der Waals surface area contributed by atoms with Gasteiger partial charge in [-0.2, -0.15) is 0 Å². The molecule has 1 saturated heterocycles. The first-order valence-corrected chi connectivity index (χ1v) is 11.1. The van der Waals surface area contributed by atoms with Crippen LogP contribution in [0.3, 0.4) is 0 Å². The lowest BCUT2D eigenvalue weighted by Crippen LogP contribution is -2.33. The minimum atomic E-state index is -0.305. The predicted molar refractivity (Wildman–Crippen MR) is 114 cm³/mol. The molecule has 1 aliphatic rings. The highest BCUT2D eigenvalue weighted by Crippen LogP contribution is 2.31. The van der Waals surface area contributed by atoms with E-state index in [2.05, 4.69) is 15.3 Å². The van der Waals surface area contributed by atoms with Crippen LogP contribution in [0.5, 0.6) is 0 Å². The smallest absolute Gasteiger partial charge is 0.326 e. The lowest BCUT2D eigenvalue weighted by atomic mass is 10.2. The van der Waals surface area contributed by atoms with Gasteiger partial charge in [0.05, 0.1) is 24.3 Å². The number of urea groups is 1. The van der Waals surface area contributed by atoms with Crippen molar-refractivity contribution >= 4 is 39.7 Å². The van der Waals surface area contributed by atoms with E-state index in [1.54, 1.807) is 40.6 Å². The molecule has 3 heterocycles. The van der Waals surface area contributed by atoms with Gasteiger partial charge in [0, 0.05) is 23.7 Å². The minimum absolute atomic E-state index is 0.0321. The first-order valence-electron chi connectivity index (χ1n) is 9.38. The maximum Gasteiger partial charge on any atom is 0.326 e. The number of carbonyl (C=O) groups excluding carboxylic acids is 2. The molecule has 0 spiro atoms. The highest BCUT2D eigenvalue weighted by molar-refractivity contribution is 7.17. The average Bonchev–Trinajstić information content (AvgIpc) is 3.44. The van der Waals surface area contributed by atoms with Crippen molar-refractivity contribution in [1.29, 1.82) is 0 Å². The molecule has 1 fully saturated rings. The highest BCUT2D eigenvalue weighted by atomic mass is 32.1. The van der Waals surface area contributed by atoms with Crippen LogP contribution >= 0.6 is 22.7 Å². The molecule has 0 bridgehead atoms. The molecular weight excluding hydrogens is 425 g/mol. The van der Waals surface area contributed by atoms with Crippen molar-refractivity contribution in [1.82, 2.24) is 20.2 Å². The van der Waals surface area contributed by atoms with E-state index >= 15 is 0 Å². The molecule has 4 rings (SSSR count). The summed E-state index contributed by atoms with van der Waals surface area (Å²) in [5.74, 6) is -0.520. The number of rotatable bonds is 6. The fraction of sp³-hybridized carbons (Fsp3) is 0.300. The van der Waals surface area contributed by atoms with Crippen molar-refractivity contribution in [3.63, 3.8) is 0 Å². The first-order chi connectivity index (χ1) is 14.4. The van der Waals surface area contributed by atoms with E-state index < -0.39 is 0 Å². The summed E-state index contributed by atoms with van der Waals surface area (Å²) in [5, 5.41) is 3.38. The van der Waals surface area contributed by atoms with Gasteiger partial charge < -0.3 is 10.2 Å². The van der Waals surface area contributed by atoms with Gasteiger partial charge in [-0.25, -0.2) is 14.2 Å². The largest absolute Gasteiger partial charge is 0.346 e. The number of hydrogen-bond acceptors (Lipinski definition) is 6. The van der Waals surface area contributed by atoms with E-state index in [-0.39, 0.29) is 23.8 Å². The number of amides is 3. The number of nitrogens with zero attached hydrogens (tertiary/aromatic N) is 4. The second-order valence-corrected chi connectivity index (χ2v) is 9.01. The Hall–Kier alpha value is -2.85. The van der Waals surface area contributed by atoms with Gasteiger partial charge in [-0.3, -0.25) is 14.7 Å². The molecule has 1 atom stereocenters. The molecule has 30 heavy (non-hydrogen) atoms. The van der Waals surface area contributed by atoms with Crippen molar-refractivity contribution in [2.24, 2.45) is 0 Å². The van der Waals surface area contributed by atoms with Gasteiger partial charge in [-0.15, -0.1) is 11.3 Å². The standard InChI is InChI=1S/C20H20FN5O2S2/c1-12-9-26(20(28)25(12)10-14-3-5-15(21)6-4-14)19-24-13(2)17(30-19)18(27)23-8-16-7-22-11-29-16/h3-7,11-12H,8-10H2,1-2H3,(H,23,27). The zero-order valence-corrected chi connectivity index (χ0v) is 18.1. The van der Waals surface area contributed by atoms with E-state index in [0.29, 0.717) is 35.3 Å². The summed E-state index contributed by atoms with van der Waals surface area (Å²) in [7, 11) is 0. The molecule has 2 aromatic heterocycles. The average molecular weight is 446 g/mol. The van der Waals surface area contributed by atoms with Crippen molar-refractivity contribution in [2.45, 2.75) is 33.0 Å². The summed E-state index contributed by atoms with van der Waals surface area (Å²) in [6, 6.07) is 5.93. The Balaban J connectivity index is 1.46. The lowest BCUT2D eigenvalue weighted by molar-refractivity contribution is 0.0954. The van der Waals surface area contributed by atoms with E-state index in [1.165, 1.54) is 34.8 Å². The van der Waals surface area contributed by atoms with E-state index in [1.807, 2.05) is 6.92 Å². The molecule has 3 amide bonds. The van der Waals surface area contributed by atoms with E-state index in [9.17, 15) is 14.0 Å². The van der Waals surface area contributed by atoms with Gasteiger partial charge in [0.15, 0.2) is 5.13 Å². The monoisotopic (exact) mass is 445 g/mol. The van der Waals surface area contributed by atoms with Crippen LogP contribution < -0.4 is 10.2 Å². The van der Waals surface area contributed by atoms with Gasteiger partial charge in [-0.05, 0) is 31.5 Å². The minimum Gasteiger partial charge on any atom is -0.346 e. The quantitative estimate of drug-likeness (QED) is 0.626. The lowest BCUT2D eigenvalue weighted by Gasteiger charge is -2.20. The molecule has 10 heteroatoms. The third-order valence-corrected chi connectivity index (χ3v) is 6.81. The van der Waals surface area contributed by atoms with E-state index in [4.69, 9.17) is 0 Å². The summed E-state index contributed by atoms with van der Waals surface area (Å²) in [6.07, 6.45) is 1.72. The molecule has 156 valence electrons. The Labute approximate surface area is 181 Å². The maximum absolute atomic E-state index is 13.1. The Kier molecular flexibility index (Phi) is 5.78. The number of halogens is 1. The Bertz CT molecular complexity index is 1050. The number of benzene rings is 1. The fourth-order valence-corrected chi connectivity index (χ4v) is 4.76. The van der Waals surface area contributed by atoms with Crippen LogP contribution in [-0.2, 0) is 13.1 Å². The second-order valence-electron chi connectivity index (χ2n) is 7.06. The maximum atomic E-state index is 13.1. The fourth-order valence-electron chi connectivity index (χ4n) is 3.24. The molecule has 0 aliphatic carbocycles. The van der Waals surface area contributed by atoms with E-state index in [0.717, 1.165) is 10.4 Å². The van der Waals surface area contributed by atoms with Crippen LogP contribution in [0.2, 0.25) is 0 Å². The number of aromatic nitrogens is 2. The topological polar surface area (TPSA) is 78.4 Å². The number of hydrogen-bond donors (Lipinski definition) is 1. The molecule has 3 aromatic rings. The third kappa shape index (κ3) is 4.19. The van der Waals surface area contributed by atoms with Crippen molar-refractivity contribution in [3.8, 4) is 0 Å². The van der Waals surface area contributed by atoms with Crippen LogP contribution in [0.1, 0.15) is 32.7 Å². The summed E-state index contributed by atoms with van der Waals surface area (Å²) in [6.45, 7) is 5.01. The normalized spacial score (nSPS) is 16.4. The summed E-state index contributed by atoms with van der Waals surface area (Å²) < 4.78 is 13.1.